The lowest BCUT2D eigenvalue weighted by Gasteiger charge is -2.32. The summed E-state index contributed by atoms with van der Waals surface area (Å²) in [5.74, 6) is 0.532. The highest BCUT2D eigenvalue weighted by molar-refractivity contribution is 6.04. The van der Waals surface area contributed by atoms with E-state index in [0.717, 1.165) is 11.4 Å². The van der Waals surface area contributed by atoms with Crippen LogP contribution in [0.2, 0.25) is 0 Å². The van der Waals surface area contributed by atoms with Crippen LogP contribution in [0.5, 0.6) is 5.75 Å². The lowest BCUT2D eigenvalue weighted by Crippen LogP contribution is -2.33. The lowest BCUT2D eigenvalue weighted by molar-refractivity contribution is 0.102. The zero-order valence-corrected chi connectivity index (χ0v) is 17.3. The molecular weight excluding hydrogens is 392 g/mol. The minimum Gasteiger partial charge on any atom is -0.497 e. The van der Waals surface area contributed by atoms with Gasteiger partial charge in [-0.3, -0.25) is 9.78 Å². The molecule has 2 aromatic heterocycles. The van der Waals surface area contributed by atoms with Crippen molar-refractivity contribution in [3.05, 3.63) is 72.3 Å². The van der Waals surface area contributed by atoms with Gasteiger partial charge >= 0.3 is 0 Å². The molecule has 3 aromatic rings. The average molecular weight is 416 g/mol. The van der Waals surface area contributed by atoms with Crippen LogP contribution in [-0.2, 0) is 5.41 Å². The Morgan fingerprint density at radius 1 is 1.23 bits per heavy atom. The molecule has 1 aromatic carbocycles. The molecule has 1 fully saturated rings. The standard InChI is InChI=1S/C24H24N4O3/c1-31-21-5-3-19(4-6-21)28-13-10-17(15-28)23(30)27-18-2-7-22(26-14-18)24(16-25)11-8-20(29)9-12-24/h2-7,10,13-15,20,29H,8-9,11-12H2,1H3,(H,27,30)/t20-,24-. The summed E-state index contributed by atoms with van der Waals surface area (Å²) in [6, 6.07) is 15.3. The van der Waals surface area contributed by atoms with Gasteiger partial charge in [-0.15, -0.1) is 0 Å². The fourth-order valence-electron chi connectivity index (χ4n) is 3.92. The van der Waals surface area contributed by atoms with Gasteiger partial charge in [0.25, 0.3) is 5.91 Å². The molecule has 1 aliphatic rings. The number of aromatic nitrogens is 2. The molecule has 7 nitrogen and oxygen atoms in total. The second-order valence-electron chi connectivity index (χ2n) is 7.82. The molecule has 1 amide bonds. The van der Waals surface area contributed by atoms with Crippen molar-refractivity contribution >= 4 is 11.6 Å². The number of ether oxygens (including phenoxy) is 1. The van der Waals surface area contributed by atoms with Crippen molar-refractivity contribution in [1.29, 1.82) is 5.26 Å². The third-order valence-corrected chi connectivity index (χ3v) is 5.86. The van der Waals surface area contributed by atoms with Gasteiger partial charge in [-0.25, -0.2) is 0 Å². The van der Waals surface area contributed by atoms with E-state index in [2.05, 4.69) is 16.4 Å². The maximum atomic E-state index is 12.6. The minimum atomic E-state index is -0.669. The van der Waals surface area contributed by atoms with E-state index < -0.39 is 5.41 Å². The van der Waals surface area contributed by atoms with Gasteiger partial charge in [0.2, 0.25) is 0 Å². The number of pyridine rings is 1. The summed E-state index contributed by atoms with van der Waals surface area (Å²) in [6.07, 6.45) is 7.19. The Balaban J connectivity index is 1.44. The number of nitrogens with zero attached hydrogens (tertiary/aromatic N) is 3. The van der Waals surface area contributed by atoms with E-state index in [0.29, 0.717) is 42.6 Å². The summed E-state index contributed by atoms with van der Waals surface area (Å²) < 4.78 is 7.04. The molecule has 4 rings (SSSR count). The zero-order valence-electron chi connectivity index (χ0n) is 17.3. The molecule has 0 atom stereocenters. The van der Waals surface area contributed by atoms with Crippen LogP contribution in [0.15, 0.2) is 61.1 Å². The van der Waals surface area contributed by atoms with E-state index in [1.165, 1.54) is 0 Å². The molecule has 1 aliphatic carbocycles. The van der Waals surface area contributed by atoms with Crippen molar-refractivity contribution in [2.75, 3.05) is 12.4 Å². The van der Waals surface area contributed by atoms with Crippen molar-refractivity contribution in [3.63, 3.8) is 0 Å². The largest absolute Gasteiger partial charge is 0.497 e. The highest BCUT2D eigenvalue weighted by Crippen LogP contribution is 2.38. The van der Waals surface area contributed by atoms with Crippen LogP contribution in [0.25, 0.3) is 5.69 Å². The summed E-state index contributed by atoms with van der Waals surface area (Å²) in [4.78, 5) is 17.1. The minimum absolute atomic E-state index is 0.238. The molecule has 2 heterocycles. The van der Waals surface area contributed by atoms with Gasteiger partial charge in [0.15, 0.2) is 0 Å². The Morgan fingerprint density at radius 2 is 1.97 bits per heavy atom. The quantitative estimate of drug-likeness (QED) is 0.658. The maximum Gasteiger partial charge on any atom is 0.257 e. The Bertz CT molecular complexity index is 1090. The molecule has 7 heteroatoms. The van der Waals surface area contributed by atoms with E-state index in [9.17, 15) is 15.2 Å². The first-order chi connectivity index (χ1) is 15.0. The highest BCUT2D eigenvalue weighted by atomic mass is 16.5. The van der Waals surface area contributed by atoms with Crippen LogP contribution >= 0.6 is 0 Å². The number of rotatable bonds is 5. The Hall–Kier alpha value is -3.63. The van der Waals surface area contributed by atoms with Crippen LogP contribution in [-0.4, -0.2) is 33.8 Å². The topological polar surface area (TPSA) is 100 Å². The Morgan fingerprint density at radius 3 is 2.58 bits per heavy atom. The van der Waals surface area contributed by atoms with Crippen molar-refractivity contribution in [1.82, 2.24) is 9.55 Å². The number of aliphatic hydroxyl groups is 1. The molecule has 0 spiro atoms. The van der Waals surface area contributed by atoms with Crippen molar-refractivity contribution in [2.45, 2.75) is 37.2 Å². The molecule has 158 valence electrons. The van der Waals surface area contributed by atoms with Gasteiger partial charge < -0.3 is 19.7 Å². The normalized spacial score (nSPS) is 20.6. The van der Waals surface area contributed by atoms with Gasteiger partial charge in [-0.2, -0.15) is 5.26 Å². The van der Waals surface area contributed by atoms with Gasteiger partial charge in [0, 0.05) is 18.1 Å². The van der Waals surface area contributed by atoms with Crippen LogP contribution in [0.1, 0.15) is 41.7 Å². The smallest absolute Gasteiger partial charge is 0.257 e. The Kier molecular flexibility index (Phi) is 5.74. The van der Waals surface area contributed by atoms with Crippen LogP contribution < -0.4 is 10.1 Å². The molecule has 0 radical (unpaired) electrons. The number of aliphatic hydroxyl groups excluding tert-OH is 1. The van der Waals surface area contributed by atoms with E-state index in [1.54, 1.807) is 37.7 Å². The van der Waals surface area contributed by atoms with E-state index in [-0.39, 0.29) is 12.0 Å². The number of hydrogen-bond donors (Lipinski definition) is 2. The van der Waals surface area contributed by atoms with Crippen LogP contribution in [0.4, 0.5) is 5.69 Å². The number of hydrogen-bond acceptors (Lipinski definition) is 5. The summed E-state index contributed by atoms with van der Waals surface area (Å²) in [5, 5.41) is 22.3. The molecule has 0 aliphatic heterocycles. The molecule has 1 saturated carbocycles. The lowest BCUT2D eigenvalue weighted by atomic mass is 9.72. The SMILES string of the molecule is COc1ccc(-n2ccc(C(=O)Nc3ccc([C@]4(C#N)CC[C@@H](O)CC4)nc3)c2)cc1. The number of benzene rings is 1. The number of nitriles is 1. The first-order valence-corrected chi connectivity index (χ1v) is 10.2. The summed E-state index contributed by atoms with van der Waals surface area (Å²) in [6.45, 7) is 0. The number of anilines is 1. The maximum absolute atomic E-state index is 12.6. The molecule has 0 saturated heterocycles. The van der Waals surface area contributed by atoms with Crippen molar-refractivity contribution in [2.24, 2.45) is 0 Å². The average Bonchev–Trinajstić information content (AvgIpc) is 3.31. The predicted molar refractivity (Wildman–Crippen MR) is 116 cm³/mol. The number of methoxy groups -OCH3 is 1. The monoisotopic (exact) mass is 416 g/mol. The molecule has 0 unspecified atom stereocenters. The van der Waals surface area contributed by atoms with E-state index in [1.807, 2.05) is 35.0 Å². The number of carbonyl (C=O) groups is 1. The number of carbonyl (C=O) groups excluding carboxylic acids is 1. The number of nitrogens with one attached hydrogen (secondary N) is 1. The fourth-order valence-corrected chi connectivity index (χ4v) is 3.92. The summed E-state index contributed by atoms with van der Waals surface area (Å²) in [7, 11) is 1.62. The van der Waals surface area contributed by atoms with E-state index in [4.69, 9.17) is 4.74 Å². The summed E-state index contributed by atoms with van der Waals surface area (Å²) in [5.41, 5.74) is 2.03. The second kappa shape index (κ2) is 8.62. The predicted octanol–water partition coefficient (Wildman–Crippen LogP) is 3.83. The molecule has 2 N–H and O–H groups in total. The van der Waals surface area contributed by atoms with Gasteiger partial charge in [0.1, 0.15) is 5.75 Å². The van der Waals surface area contributed by atoms with Gasteiger partial charge in [-0.05, 0) is 68.1 Å². The first kappa shape index (κ1) is 20.6. The molecule has 0 bridgehead atoms. The molecular formula is C24H24N4O3. The van der Waals surface area contributed by atoms with Gasteiger partial charge in [-0.1, -0.05) is 0 Å². The fraction of sp³-hybridized carbons (Fsp3) is 0.292. The highest BCUT2D eigenvalue weighted by Gasteiger charge is 2.37. The van der Waals surface area contributed by atoms with E-state index >= 15 is 0 Å². The van der Waals surface area contributed by atoms with Crippen LogP contribution in [0, 0.1) is 11.3 Å². The van der Waals surface area contributed by atoms with Crippen molar-refractivity contribution < 1.29 is 14.6 Å². The third kappa shape index (κ3) is 4.30. The van der Waals surface area contributed by atoms with Crippen molar-refractivity contribution in [3.8, 4) is 17.5 Å². The zero-order chi connectivity index (χ0) is 21.8. The summed E-state index contributed by atoms with van der Waals surface area (Å²) >= 11 is 0. The Labute approximate surface area is 180 Å². The molecule has 31 heavy (non-hydrogen) atoms. The number of amides is 1. The van der Waals surface area contributed by atoms with Gasteiger partial charge in [0.05, 0.1) is 47.8 Å². The third-order valence-electron chi connectivity index (χ3n) is 5.86. The van der Waals surface area contributed by atoms with Crippen LogP contribution in [0.3, 0.4) is 0 Å². The first-order valence-electron chi connectivity index (χ1n) is 10.2. The second-order valence-corrected chi connectivity index (χ2v) is 7.82.